The van der Waals surface area contributed by atoms with E-state index in [2.05, 4.69) is 25.5 Å². The number of nitrogens with zero attached hydrogens (tertiary/aromatic N) is 3. The number of oxazole rings is 1. The molecule has 6 rings (SSSR count). The fraction of sp³-hybridized carbons (Fsp3) is 0.464. The fourth-order valence-corrected chi connectivity index (χ4v) is 6.49. The second kappa shape index (κ2) is 10.2. The third kappa shape index (κ3) is 5.32. The Balaban J connectivity index is 1.14. The van der Waals surface area contributed by atoms with Crippen LogP contribution in [-0.2, 0) is 6.18 Å². The lowest BCUT2D eigenvalue weighted by Gasteiger charge is -2.40. The van der Waals surface area contributed by atoms with Gasteiger partial charge in [-0.15, -0.1) is 0 Å². The summed E-state index contributed by atoms with van der Waals surface area (Å²) in [6, 6.07) is 10.8. The zero-order valence-corrected chi connectivity index (χ0v) is 21.3. The molecule has 5 atom stereocenters. The number of fused-ring (bicyclic) bond motifs is 2. The Morgan fingerprint density at radius 2 is 1.87 bits per heavy atom. The van der Waals surface area contributed by atoms with Gasteiger partial charge in [-0.25, -0.2) is 4.98 Å². The van der Waals surface area contributed by atoms with Crippen molar-refractivity contribution in [2.75, 3.05) is 16.8 Å². The van der Waals surface area contributed by atoms with Gasteiger partial charge in [-0.05, 0) is 55.9 Å². The summed E-state index contributed by atoms with van der Waals surface area (Å²) < 4.78 is 45.8. The van der Waals surface area contributed by atoms with Gasteiger partial charge in [0, 0.05) is 53.7 Å². The first-order chi connectivity index (χ1) is 18.7. The zero-order chi connectivity index (χ0) is 27.1. The number of carbonyl (C=O) groups is 1. The van der Waals surface area contributed by atoms with Gasteiger partial charge in [-0.1, -0.05) is 25.0 Å². The summed E-state index contributed by atoms with van der Waals surface area (Å²) in [5.41, 5.74) is 6.26. The number of rotatable bonds is 7. The van der Waals surface area contributed by atoms with Gasteiger partial charge in [0.25, 0.3) is 6.01 Å². The average molecular weight is 541 g/mol. The maximum atomic E-state index is 13.3. The van der Waals surface area contributed by atoms with Crippen molar-refractivity contribution in [3.8, 4) is 11.3 Å². The molecule has 8 nitrogen and oxygen atoms in total. The summed E-state index contributed by atoms with van der Waals surface area (Å²) in [7, 11) is 0. The van der Waals surface area contributed by atoms with Crippen molar-refractivity contribution in [1.82, 2.24) is 15.3 Å². The SMILES string of the molecule is NC(=O)c1cccc(-c2cnc(N[C@@H]3CCCC[C@H]3N[C@H]3C[C@@H]4C[C@H]3N(c3ccnc(C(F)(F)F)c3)C4)o2)c1. The number of amides is 1. The van der Waals surface area contributed by atoms with Crippen LogP contribution in [-0.4, -0.2) is 46.6 Å². The standard InChI is InChI=1S/C28H31F3N6O2/c29-28(30,31)25-13-19(8-9-33-25)37-15-16-10-22(23(37)11-16)35-20-6-1-2-7-21(20)36-27-34-14-24(39-27)17-4-3-5-18(12-17)26(32)38/h3-5,8-9,12-14,16,20-23,35H,1-2,6-7,10-11,15H2,(H2,32,38)(H,34,36)/t16-,20-,21-,22+,23-/m1/s1. The molecule has 3 aliphatic rings. The van der Waals surface area contributed by atoms with E-state index in [0.717, 1.165) is 50.6 Å². The van der Waals surface area contributed by atoms with Crippen LogP contribution >= 0.6 is 0 Å². The maximum Gasteiger partial charge on any atom is 0.433 e. The minimum atomic E-state index is -4.46. The van der Waals surface area contributed by atoms with E-state index in [0.29, 0.717) is 28.9 Å². The monoisotopic (exact) mass is 540 g/mol. The number of hydrogen-bond donors (Lipinski definition) is 3. The van der Waals surface area contributed by atoms with Gasteiger partial charge in [0.2, 0.25) is 5.91 Å². The highest BCUT2D eigenvalue weighted by molar-refractivity contribution is 5.93. The van der Waals surface area contributed by atoms with E-state index >= 15 is 0 Å². The molecule has 11 heteroatoms. The molecule has 2 bridgehead atoms. The number of halogens is 3. The maximum absolute atomic E-state index is 13.3. The van der Waals surface area contributed by atoms with Crippen LogP contribution in [0, 0.1) is 5.92 Å². The largest absolute Gasteiger partial charge is 0.433 e. The molecule has 1 aromatic carbocycles. The molecule has 2 saturated carbocycles. The minimum absolute atomic E-state index is 0.104. The number of pyridine rings is 1. The molecule has 0 radical (unpaired) electrons. The Hall–Kier alpha value is -3.60. The summed E-state index contributed by atoms with van der Waals surface area (Å²) in [5.74, 6) is 0.491. The van der Waals surface area contributed by atoms with Gasteiger partial charge < -0.3 is 25.7 Å². The van der Waals surface area contributed by atoms with Crippen LogP contribution in [0.1, 0.15) is 54.6 Å². The molecule has 206 valence electrons. The fourth-order valence-electron chi connectivity index (χ4n) is 6.49. The molecule has 4 N–H and O–H groups in total. The summed E-state index contributed by atoms with van der Waals surface area (Å²) in [6.07, 6.45) is 4.55. The highest BCUT2D eigenvalue weighted by Gasteiger charge is 2.46. The van der Waals surface area contributed by atoms with Crippen molar-refractivity contribution < 1.29 is 22.4 Å². The van der Waals surface area contributed by atoms with E-state index in [1.165, 1.54) is 12.3 Å². The topological polar surface area (TPSA) is 109 Å². The predicted octanol–water partition coefficient (Wildman–Crippen LogP) is 4.83. The van der Waals surface area contributed by atoms with E-state index in [-0.39, 0.29) is 24.2 Å². The van der Waals surface area contributed by atoms with Gasteiger partial charge in [0.05, 0.1) is 6.20 Å². The summed E-state index contributed by atoms with van der Waals surface area (Å²) in [5, 5.41) is 7.32. The molecule has 1 saturated heterocycles. The number of nitrogens with one attached hydrogen (secondary N) is 2. The third-order valence-corrected chi connectivity index (χ3v) is 8.29. The molecule has 1 amide bonds. The van der Waals surface area contributed by atoms with Crippen molar-refractivity contribution in [2.45, 2.75) is 68.9 Å². The van der Waals surface area contributed by atoms with Crippen molar-refractivity contribution in [1.29, 1.82) is 0 Å². The van der Waals surface area contributed by atoms with Gasteiger partial charge in [-0.3, -0.25) is 9.78 Å². The molecule has 3 heterocycles. The molecule has 3 aromatic rings. The zero-order valence-electron chi connectivity index (χ0n) is 21.3. The number of piperidine rings is 1. The van der Waals surface area contributed by atoms with Crippen LogP contribution < -0.4 is 21.3 Å². The first-order valence-electron chi connectivity index (χ1n) is 13.4. The van der Waals surface area contributed by atoms with E-state index in [1.54, 1.807) is 30.5 Å². The van der Waals surface area contributed by atoms with Crippen LogP contribution in [0.15, 0.2) is 53.2 Å². The molecule has 1 aliphatic heterocycles. The van der Waals surface area contributed by atoms with Crippen LogP contribution in [0.5, 0.6) is 0 Å². The van der Waals surface area contributed by atoms with Crippen LogP contribution in [0.2, 0.25) is 0 Å². The van der Waals surface area contributed by atoms with E-state index in [9.17, 15) is 18.0 Å². The van der Waals surface area contributed by atoms with Gasteiger partial charge in [0.1, 0.15) is 5.69 Å². The molecule has 0 unspecified atom stereocenters. The number of nitrogens with two attached hydrogens (primary N) is 1. The van der Waals surface area contributed by atoms with Crippen molar-refractivity contribution in [3.63, 3.8) is 0 Å². The van der Waals surface area contributed by atoms with Crippen molar-refractivity contribution >= 4 is 17.6 Å². The molecule has 2 aromatic heterocycles. The highest BCUT2D eigenvalue weighted by atomic mass is 19.4. The smallest absolute Gasteiger partial charge is 0.424 e. The third-order valence-electron chi connectivity index (χ3n) is 8.29. The second-order valence-corrected chi connectivity index (χ2v) is 10.8. The normalized spacial score (nSPS) is 26.6. The number of alkyl halides is 3. The molecular formula is C28H31F3N6O2. The van der Waals surface area contributed by atoms with Crippen LogP contribution in [0.25, 0.3) is 11.3 Å². The summed E-state index contributed by atoms with van der Waals surface area (Å²) >= 11 is 0. The molecule has 0 spiro atoms. The minimum Gasteiger partial charge on any atom is -0.424 e. The molecular weight excluding hydrogens is 509 g/mol. The first-order valence-corrected chi connectivity index (χ1v) is 13.4. The Bertz CT molecular complexity index is 1340. The van der Waals surface area contributed by atoms with Crippen molar-refractivity contribution in [2.24, 2.45) is 11.7 Å². The molecule has 3 fully saturated rings. The van der Waals surface area contributed by atoms with Gasteiger partial charge in [0.15, 0.2) is 5.76 Å². The number of benzene rings is 1. The Labute approximate surface area is 224 Å². The number of anilines is 2. The number of primary amides is 1. The van der Waals surface area contributed by atoms with Crippen LogP contribution in [0.3, 0.4) is 0 Å². The lowest BCUT2D eigenvalue weighted by molar-refractivity contribution is -0.141. The Kier molecular flexibility index (Phi) is 6.70. The second-order valence-electron chi connectivity index (χ2n) is 10.8. The van der Waals surface area contributed by atoms with E-state index < -0.39 is 17.8 Å². The Morgan fingerprint density at radius 1 is 1.05 bits per heavy atom. The van der Waals surface area contributed by atoms with E-state index in [1.807, 2.05) is 6.07 Å². The first kappa shape index (κ1) is 25.7. The summed E-state index contributed by atoms with van der Waals surface area (Å²) in [4.78, 5) is 21.6. The van der Waals surface area contributed by atoms with E-state index in [4.69, 9.17) is 10.2 Å². The quantitative estimate of drug-likeness (QED) is 0.394. The van der Waals surface area contributed by atoms with Crippen LogP contribution in [0.4, 0.5) is 24.9 Å². The molecule has 2 aliphatic carbocycles. The highest BCUT2D eigenvalue weighted by Crippen LogP contribution is 2.42. The van der Waals surface area contributed by atoms with Gasteiger partial charge in [-0.2, -0.15) is 13.2 Å². The summed E-state index contributed by atoms with van der Waals surface area (Å²) in [6.45, 7) is 0.770. The number of carbonyl (C=O) groups excluding carboxylic acids is 1. The number of aromatic nitrogens is 2. The lowest BCUT2D eigenvalue weighted by atomic mass is 9.89. The average Bonchev–Trinajstić information content (AvgIpc) is 3.66. The number of hydrogen-bond acceptors (Lipinski definition) is 7. The molecule has 39 heavy (non-hydrogen) atoms. The lowest BCUT2D eigenvalue weighted by Crippen LogP contribution is -2.56. The Morgan fingerprint density at radius 3 is 2.64 bits per heavy atom. The van der Waals surface area contributed by atoms with Crippen molar-refractivity contribution in [3.05, 3.63) is 60.0 Å². The predicted molar refractivity (Wildman–Crippen MR) is 140 cm³/mol. The van der Waals surface area contributed by atoms with Gasteiger partial charge >= 0.3 is 6.18 Å².